The number of aromatic amines is 1. The van der Waals surface area contributed by atoms with Crippen LogP contribution < -0.4 is 4.90 Å². The highest BCUT2D eigenvalue weighted by molar-refractivity contribution is 6.09. The lowest BCUT2D eigenvalue weighted by Gasteiger charge is -2.14. The van der Waals surface area contributed by atoms with Gasteiger partial charge < -0.3 is 4.90 Å². The standard InChI is InChI=1S/C10H8N4O/c15-10-8-5-12-13-9(8)6-14(10)7-2-1-3-11-4-7/h1-5H,6H2,(H,12,13). The maximum absolute atomic E-state index is 11.9. The fourth-order valence-corrected chi connectivity index (χ4v) is 1.71. The summed E-state index contributed by atoms with van der Waals surface area (Å²) in [7, 11) is 0. The van der Waals surface area contributed by atoms with Gasteiger partial charge in [0.15, 0.2) is 0 Å². The van der Waals surface area contributed by atoms with E-state index in [1.807, 2.05) is 12.1 Å². The summed E-state index contributed by atoms with van der Waals surface area (Å²) in [4.78, 5) is 17.6. The number of nitrogens with zero attached hydrogens (tertiary/aromatic N) is 3. The van der Waals surface area contributed by atoms with Crippen LogP contribution in [0.25, 0.3) is 0 Å². The monoisotopic (exact) mass is 200 g/mol. The molecule has 2 aromatic rings. The molecule has 0 unspecified atom stereocenters. The van der Waals surface area contributed by atoms with Gasteiger partial charge in [0.25, 0.3) is 5.91 Å². The number of anilines is 1. The average molecular weight is 200 g/mol. The molecule has 0 bridgehead atoms. The van der Waals surface area contributed by atoms with Crippen LogP contribution in [0.3, 0.4) is 0 Å². The number of amides is 1. The molecular formula is C10H8N4O. The van der Waals surface area contributed by atoms with Crippen LogP contribution >= 0.6 is 0 Å². The van der Waals surface area contributed by atoms with Crippen LogP contribution in [0, 0.1) is 0 Å². The van der Waals surface area contributed by atoms with E-state index in [9.17, 15) is 4.79 Å². The molecule has 1 amide bonds. The Balaban J connectivity index is 2.00. The summed E-state index contributed by atoms with van der Waals surface area (Å²) in [5, 5.41) is 6.70. The first kappa shape index (κ1) is 8.16. The van der Waals surface area contributed by atoms with E-state index in [4.69, 9.17) is 0 Å². The maximum atomic E-state index is 11.9. The lowest BCUT2D eigenvalue weighted by atomic mass is 10.3. The van der Waals surface area contributed by atoms with Gasteiger partial charge in [-0.05, 0) is 12.1 Å². The van der Waals surface area contributed by atoms with E-state index >= 15 is 0 Å². The van der Waals surface area contributed by atoms with Gasteiger partial charge in [-0.15, -0.1) is 0 Å². The predicted molar refractivity (Wildman–Crippen MR) is 53.3 cm³/mol. The van der Waals surface area contributed by atoms with E-state index in [-0.39, 0.29) is 5.91 Å². The van der Waals surface area contributed by atoms with Crippen molar-refractivity contribution in [1.82, 2.24) is 15.2 Å². The number of H-pyrrole nitrogens is 1. The molecule has 5 heteroatoms. The van der Waals surface area contributed by atoms with Gasteiger partial charge in [0, 0.05) is 12.4 Å². The molecule has 0 radical (unpaired) electrons. The number of hydrogen-bond donors (Lipinski definition) is 1. The summed E-state index contributed by atoms with van der Waals surface area (Å²) in [6.07, 6.45) is 4.99. The normalized spacial score (nSPS) is 14.4. The molecule has 0 atom stereocenters. The molecule has 1 N–H and O–H groups in total. The molecule has 1 aliphatic heterocycles. The zero-order valence-electron chi connectivity index (χ0n) is 7.84. The summed E-state index contributed by atoms with van der Waals surface area (Å²) in [6.45, 7) is 0.517. The van der Waals surface area contributed by atoms with Crippen LogP contribution in [-0.4, -0.2) is 21.1 Å². The Bertz CT molecular complexity index is 505. The van der Waals surface area contributed by atoms with E-state index < -0.39 is 0 Å². The molecular weight excluding hydrogens is 192 g/mol. The van der Waals surface area contributed by atoms with Crippen molar-refractivity contribution in [3.8, 4) is 0 Å². The van der Waals surface area contributed by atoms with Crippen molar-refractivity contribution in [3.05, 3.63) is 42.0 Å². The van der Waals surface area contributed by atoms with Crippen LogP contribution in [-0.2, 0) is 6.54 Å². The highest BCUT2D eigenvalue weighted by Crippen LogP contribution is 2.25. The number of pyridine rings is 1. The minimum atomic E-state index is -0.0215. The van der Waals surface area contributed by atoms with Gasteiger partial charge in [0.1, 0.15) is 0 Å². The number of rotatable bonds is 1. The minimum absolute atomic E-state index is 0.0215. The second-order valence-electron chi connectivity index (χ2n) is 3.35. The highest BCUT2D eigenvalue weighted by atomic mass is 16.2. The summed E-state index contributed by atoms with van der Waals surface area (Å²) in [6, 6.07) is 3.67. The fourth-order valence-electron chi connectivity index (χ4n) is 1.71. The second kappa shape index (κ2) is 2.91. The lowest BCUT2D eigenvalue weighted by molar-refractivity contribution is 0.0996. The number of nitrogens with one attached hydrogen (secondary N) is 1. The Labute approximate surface area is 85.8 Å². The van der Waals surface area contributed by atoms with E-state index in [0.717, 1.165) is 11.4 Å². The molecule has 5 nitrogen and oxygen atoms in total. The molecule has 0 spiro atoms. The van der Waals surface area contributed by atoms with Gasteiger partial charge >= 0.3 is 0 Å². The first-order valence-electron chi connectivity index (χ1n) is 4.61. The van der Waals surface area contributed by atoms with Crippen molar-refractivity contribution < 1.29 is 4.79 Å². The van der Waals surface area contributed by atoms with Gasteiger partial charge in [-0.3, -0.25) is 14.9 Å². The molecule has 0 saturated heterocycles. The average Bonchev–Trinajstić information content (AvgIpc) is 2.83. The van der Waals surface area contributed by atoms with Gasteiger partial charge in [0.2, 0.25) is 0 Å². The summed E-state index contributed by atoms with van der Waals surface area (Å²) in [5.41, 5.74) is 2.25. The van der Waals surface area contributed by atoms with Crippen LogP contribution in [0.2, 0.25) is 0 Å². The van der Waals surface area contributed by atoms with Crippen molar-refractivity contribution in [2.45, 2.75) is 6.54 Å². The van der Waals surface area contributed by atoms with Crippen molar-refractivity contribution in [1.29, 1.82) is 0 Å². The van der Waals surface area contributed by atoms with Crippen molar-refractivity contribution in [2.24, 2.45) is 0 Å². The van der Waals surface area contributed by atoms with Crippen LogP contribution in [0.15, 0.2) is 30.7 Å². The topological polar surface area (TPSA) is 61.9 Å². The number of hydrogen-bond acceptors (Lipinski definition) is 3. The number of carbonyl (C=O) groups is 1. The molecule has 0 fully saturated rings. The summed E-state index contributed by atoms with van der Waals surface area (Å²) >= 11 is 0. The second-order valence-corrected chi connectivity index (χ2v) is 3.35. The minimum Gasteiger partial charge on any atom is -0.301 e. The molecule has 3 heterocycles. The van der Waals surface area contributed by atoms with Gasteiger partial charge in [-0.25, -0.2) is 0 Å². The van der Waals surface area contributed by atoms with Crippen LogP contribution in [0.1, 0.15) is 16.1 Å². The number of fused-ring (bicyclic) bond motifs is 1. The van der Waals surface area contributed by atoms with E-state index in [0.29, 0.717) is 12.1 Å². The summed E-state index contributed by atoms with van der Waals surface area (Å²) < 4.78 is 0. The molecule has 0 aromatic carbocycles. The maximum Gasteiger partial charge on any atom is 0.262 e. The molecule has 15 heavy (non-hydrogen) atoms. The lowest BCUT2D eigenvalue weighted by Crippen LogP contribution is -2.23. The number of aromatic nitrogens is 3. The van der Waals surface area contributed by atoms with E-state index in [2.05, 4.69) is 15.2 Å². The fraction of sp³-hybridized carbons (Fsp3) is 0.100. The third kappa shape index (κ3) is 1.13. The Hall–Kier alpha value is -2.17. The van der Waals surface area contributed by atoms with E-state index in [1.165, 1.54) is 0 Å². The van der Waals surface area contributed by atoms with E-state index in [1.54, 1.807) is 23.5 Å². The Morgan fingerprint density at radius 1 is 1.47 bits per heavy atom. The van der Waals surface area contributed by atoms with Crippen LogP contribution in [0.4, 0.5) is 5.69 Å². The number of carbonyl (C=O) groups excluding carboxylic acids is 1. The SMILES string of the molecule is O=C1c2c[nH]nc2CN1c1cccnc1. The molecule has 74 valence electrons. The van der Waals surface area contributed by atoms with Crippen molar-refractivity contribution in [3.63, 3.8) is 0 Å². The van der Waals surface area contributed by atoms with Gasteiger partial charge in [0.05, 0.1) is 29.7 Å². The zero-order valence-corrected chi connectivity index (χ0v) is 7.84. The third-order valence-corrected chi connectivity index (χ3v) is 2.46. The third-order valence-electron chi connectivity index (χ3n) is 2.46. The smallest absolute Gasteiger partial charge is 0.262 e. The molecule has 3 rings (SSSR count). The Morgan fingerprint density at radius 3 is 3.13 bits per heavy atom. The quantitative estimate of drug-likeness (QED) is 0.745. The Morgan fingerprint density at radius 2 is 2.40 bits per heavy atom. The van der Waals surface area contributed by atoms with Crippen molar-refractivity contribution >= 4 is 11.6 Å². The predicted octanol–water partition coefficient (Wildman–Crippen LogP) is 0.965. The van der Waals surface area contributed by atoms with Crippen LogP contribution in [0.5, 0.6) is 0 Å². The largest absolute Gasteiger partial charge is 0.301 e. The Kier molecular flexibility index (Phi) is 1.58. The molecule has 2 aromatic heterocycles. The van der Waals surface area contributed by atoms with Gasteiger partial charge in [-0.2, -0.15) is 5.10 Å². The first-order valence-corrected chi connectivity index (χ1v) is 4.61. The summed E-state index contributed by atoms with van der Waals surface area (Å²) in [5.74, 6) is -0.0215. The molecule has 1 aliphatic rings. The zero-order chi connectivity index (χ0) is 10.3. The van der Waals surface area contributed by atoms with Gasteiger partial charge in [-0.1, -0.05) is 0 Å². The molecule has 0 saturated carbocycles. The molecule has 0 aliphatic carbocycles. The highest BCUT2D eigenvalue weighted by Gasteiger charge is 2.30. The first-order chi connectivity index (χ1) is 7.36. The van der Waals surface area contributed by atoms with Crippen molar-refractivity contribution in [2.75, 3.05) is 4.90 Å².